The first-order chi connectivity index (χ1) is 15.5. The molecule has 0 saturated carbocycles. The van der Waals surface area contributed by atoms with E-state index >= 15 is 0 Å². The minimum absolute atomic E-state index is 0.365. The van der Waals surface area contributed by atoms with E-state index in [-0.39, 0.29) is 6.61 Å². The number of amides is 2. The third kappa shape index (κ3) is 7.72. The number of benzene rings is 1. The first-order valence-electron chi connectivity index (χ1n) is 9.94. The van der Waals surface area contributed by atoms with Crippen molar-refractivity contribution >= 4 is 47.0 Å². The fourth-order valence-electron chi connectivity index (χ4n) is 3.33. The topological polar surface area (TPSA) is 146 Å². The van der Waals surface area contributed by atoms with Crippen LogP contribution in [-0.2, 0) is 38.1 Å². The summed E-state index contributed by atoms with van der Waals surface area (Å²) >= 11 is 5.92. The Morgan fingerprint density at radius 3 is 2.15 bits per heavy atom. The fourth-order valence-corrected chi connectivity index (χ4v) is 3.52. The van der Waals surface area contributed by atoms with Crippen LogP contribution in [0.4, 0.5) is 10.5 Å². The van der Waals surface area contributed by atoms with Crippen molar-refractivity contribution < 1.29 is 42.9 Å². The van der Waals surface area contributed by atoms with Crippen LogP contribution in [0.1, 0.15) is 27.7 Å². The van der Waals surface area contributed by atoms with Gasteiger partial charge in [-0.3, -0.25) is 19.2 Å². The van der Waals surface area contributed by atoms with Crippen LogP contribution in [0, 0.1) is 0 Å². The van der Waals surface area contributed by atoms with E-state index in [9.17, 15) is 24.0 Å². The van der Waals surface area contributed by atoms with E-state index in [1.165, 1.54) is 19.9 Å². The molecule has 0 spiro atoms. The largest absolute Gasteiger partial charge is 0.463 e. The highest BCUT2D eigenvalue weighted by atomic mass is 35.5. The van der Waals surface area contributed by atoms with Crippen molar-refractivity contribution in [1.29, 1.82) is 0 Å². The van der Waals surface area contributed by atoms with Crippen molar-refractivity contribution in [1.82, 2.24) is 5.32 Å². The lowest BCUT2D eigenvalue weighted by Gasteiger charge is -2.44. The second-order valence-corrected chi connectivity index (χ2v) is 7.73. The molecule has 2 N–H and O–H groups in total. The van der Waals surface area contributed by atoms with E-state index < -0.39 is 60.2 Å². The Bertz CT molecular complexity index is 923. The molecule has 0 aliphatic carbocycles. The molecule has 11 nitrogen and oxygen atoms in total. The second-order valence-electron chi connectivity index (χ2n) is 7.29. The predicted molar refractivity (Wildman–Crippen MR) is 114 cm³/mol. The van der Waals surface area contributed by atoms with E-state index in [1.807, 2.05) is 0 Å². The zero-order chi connectivity index (χ0) is 24.7. The van der Waals surface area contributed by atoms with Gasteiger partial charge in [0.2, 0.25) is 0 Å². The Hall–Kier alpha value is -3.18. The van der Waals surface area contributed by atoms with E-state index in [0.29, 0.717) is 10.7 Å². The molecule has 1 aromatic rings. The summed E-state index contributed by atoms with van der Waals surface area (Å²) in [5, 5.41) is 5.48. The number of urea groups is 1. The summed E-state index contributed by atoms with van der Waals surface area (Å²) in [5.41, 5.74) is 0.365. The summed E-state index contributed by atoms with van der Waals surface area (Å²) in [6.07, 6.45) is -5.03. The molecule has 5 atom stereocenters. The Balaban J connectivity index is 2.36. The highest BCUT2D eigenvalue weighted by molar-refractivity contribution is 6.30. The number of nitrogens with one attached hydrogen (secondary N) is 2. The fraction of sp³-hybridized carbons (Fsp3) is 0.476. The van der Waals surface area contributed by atoms with Gasteiger partial charge in [0.1, 0.15) is 24.9 Å². The normalized spacial score (nSPS) is 24.2. The third-order valence-electron chi connectivity index (χ3n) is 4.53. The number of ketones is 1. The first-order valence-corrected chi connectivity index (χ1v) is 10.3. The van der Waals surface area contributed by atoms with Gasteiger partial charge in [0.25, 0.3) is 0 Å². The second kappa shape index (κ2) is 11.6. The minimum atomic E-state index is -1.32. The molecule has 180 valence electrons. The number of anilines is 1. The van der Waals surface area contributed by atoms with E-state index in [2.05, 4.69) is 10.6 Å². The van der Waals surface area contributed by atoms with Crippen LogP contribution in [0.3, 0.4) is 0 Å². The molecule has 0 unspecified atom stereocenters. The molecule has 1 saturated heterocycles. The summed E-state index contributed by atoms with van der Waals surface area (Å²) in [6.45, 7) is 4.25. The van der Waals surface area contributed by atoms with Gasteiger partial charge in [0.05, 0.1) is 0 Å². The van der Waals surface area contributed by atoms with Gasteiger partial charge >= 0.3 is 23.9 Å². The number of ether oxygens (including phenoxy) is 4. The van der Waals surface area contributed by atoms with Crippen LogP contribution in [0.2, 0.25) is 5.02 Å². The molecule has 1 fully saturated rings. The van der Waals surface area contributed by atoms with Crippen molar-refractivity contribution in [3.63, 3.8) is 0 Å². The van der Waals surface area contributed by atoms with Crippen LogP contribution in [0.5, 0.6) is 0 Å². The van der Waals surface area contributed by atoms with E-state index in [4.69, 9.17) is 30.5 Å². The van der Waals surface area contributed by atoms with Crippen molar-refractivity contribution in [2.75, 3.05) is 11.9 Å². The van der Waals surface area contributed by atoms with Gasteiger partial charge in [0.15, 0.2) is 18.0 Å². The number of carbonyl (C=O) groups excluding carboxylic acids is 5. The average Bonchev–Trinajstić information content (AvgIpc) is 2.68. The van der Waals surface area contributed by atoms with Crippen molar-refractivity contribution in [2.45, 2.75) is 58.2 Å². The molecule has 0 radical (unpaired) electrons. The zero-order valence-electron chi connectivity index (χ0n) is 18.5. The maximum Gasteiger partial charge on any atom is 0.319 e. The number of esters is 3. The molecule has 0 aromatic heterocycles. The van der Waals surface area contributed by atoms with E-state index in [0.717, 1.165) is 13.8 Å². The smallest absolute Gasteiger partial charge is 0.319 e. The Morgan fingerprint density at radius 1 is 0.970 bits per heavy atom. The van der Waals surface area contributed by atoms with E-state index in [1.54, 1.807) is 18.2 Å². The minimum Gasteiger partial charge on any atom is -0.463 e. The van der Waals surface area contributed by atoms with Crippen LogP contribution in [0.25, 0.3) is 0 Å². The lowest BCUT2D eigenvalue weighted by atomic mass is 9.90. The van der Waals surface area contributed by atoms with Crippen LogP contribution >= 0.6 is 11.6 Å². The van der Waals surface area contributed by atoms with Crippen molar-refractivity contribution in [3.05, 3.63) is 29.3 Å². The number of hydrogen-bond acceptors (Lipinski definition) is 9. The van der Waals surface area contributed by atoms with Gasteiger partial charge in [-0.1, -0.05) is 17.7 Å². The van der Waals surface area contributed by atoms with Gasteiger partial charge in [-0.15, -0.1) is 0 Å². The zero-order valence-corrected chi connectivity index (χ0v) is 19.2. The van der Waals surface area contributed by atoms with Crippen molar-refractivity contribution in [3.8, 4) is 0 Å². The van der Waals surface area contributed by atoms with Gasteiger partial charge in [-0.2, -0.15) is 0 Å². The number of Topliss-reactive ketones (excluding diaryl/α,β-unsaturated/α-hetero) is 1. The van der Waals surface area contributed by atoms with Gasteiger partial charge in [0, 0.05) is 31.5 Å². The van der Waals surface area contributed by atoms with Crippen molar-refractivity contribution in [2.24, 2.45) is 0 Å². The Morgan fingerprint density at radius 2 is 1.61 bits per heavy atom. The molecule has 1 aromatic carbocycles. The summed E-state index contributed by atoms with van der Waals surface area (Å²) in [5.74, 6) is -2.63. The molecular weight excluding hydrogens is 460 g/mol. The molecule has 1 heterocycles. The maximum absolute atomic E-state index is 12.7. The monoisotopic (exact) mass is 484 g/mol. The highest BCUT2D eigenvalue weighted by Crippen LogP contribution is 2.28. The van der Waals surface area contributed by atoms with Gasteiger partial charge in [-0.25, -0.2) is 4.79 Å². The SMILES string of the molecule is CC(=O)OC[C@H]1O[C@H](C(C)=O)[C@H](NC(=O)Nc2cccc(Cl)c2)[C@@H](OC(C)=O)[C@@H]1OC(C)=O. The lowest BCUT2D eigenvalue weighted by molar-refractivity contribution is -0.220. The lowest BCUT2D eigenvalue weighted by Crippen LogP contribution is -2.68. The number of halogens is 1. The van der Waals surface area contributed by atoms with Gasteiger partial charge in [-0.05, 0) is 25.1 Å². The number of rotatable bonds is 7. The summed E-state index contributed by atoms with van der Waals surface area (Å²) in [6, 6.07) is 4.35. The summed E-state index contributed by atoms with van der Waals surface area (Å²) in [4.78, 5) is 59.9. The Kier molecular flexibility index (Phi) is 9.18. The average molecular weight is 485 g/mol. The molecule has 12 heteroatoms. The standard InChI is InChI=1S/C21H25ClN2O9/c1-10(25)18-17(24-21(29)23-15-7-5-6-14(22)8-15)20(32-13(4)28)19(31-12(3)27)16(33-18)9-30-11(2)26/h5-8,16-20H,9H2,1-4H3,(H2,23,24,29)/t16-,17+,18-,19-,20-/m1/s1. The first kappa shape index (κ1) is 26.1. The molecule has 2 rings (SSSR count). The van der Waals surface area contributed by atoms with Gasteiger partial charge < -0.3 is 29.6 Å². The number of carbonyl (C=O) groups is 5. The van der Waals surface area contributed by atoms with Crippen LogP contribution in [-0.4, -0.2) is 66.8 Å². The molecule has 1 aliphatic rings. The number of hydrogen-bond donors (Lipinski definition) is 2. The molecular formula is C21H25ClN2O9. The Labute approximate surface area is 195 Å². The summed E-state index contributed by atoms with van der Waals surface area (Å²) < 4.78 is 21.4. The molecule has 1 aliphatic heterocycles. The molecule has 0 bridgehead atoms. The predicted octanol–water partition coefficient (Wildman–Crippen LogP) is 1.61. The quantitative estimate of drug-likeness (QED) is 0.435. The summed E-state index contributed by atoms with van der Waals surface area (Å²) in [7, 11) is 0. The van der Waals surface area contributed by atoms with Crippen LogP contribution in [0.15, 0.2) is 24.3 Å². The maximum atomic E-state index is 12.7. The molecule has 33 heavy (non-hydrogen) atoms. The molecule has 2 amide bonds. The highest BCUT2D eigenvalue weighted by Gasteiger charge is 2.52. The van der Waals surface area contributed by atoms with Crippen LogP contribution < -0.4 is 10.6 Å². The third-order valence-corrected chi connectivity index (χ3v) is 4.76.